The fourth-order valence-corrected chi connectivity index (χ4v) is 1.58. The predicted octanol–water partition coefficient (Wildman–Crippen LogP) is 1.90. The topological polar surface area (TPSA) is 58.9 Å². The molecular weight excluding hydrogens is 220 g/mol. The van der Waals surface area contributed by atoms with Crippen LogP contribution in [0.25, 0.3) is 0 Å². The zero-order valence-electron chi connectivity index (χ0n) is 10.7. The second kappa shape index (κ2) is 5.38. The molecular formula is C13H20O4. The molecule has 0 aromatic heterocycles. The quantitative estimate of drug-likeness (QED) is 0.825. The van der Waals surface area contributed by atoms with Crippen LogP contribution in [0.2, 0.25) is 0 Å². The zero-order chi connectivity index (χ0) is 13.1. The summed E-state index contributed by atoms with van der Waals surface area (Å²) < 4.78 is 10.3. The van der Waals surface area contributed by atoms with Crippen molar-refractivity contribution in [2.45, 2.75) is 32.0 Å². The Morgan fingerprint density at radius 1 is 1.29 bits per heavy atom. The van der Waals surface area contributed by atoms with E-state index in [-0.39, 0.29) is 0 Å². The lowest BCUT2D eigenvalue weighted by atomic mass is 9.90. The number of benzene rings is 1. The Labute approximate surface area is 102 Å². The Hall–Kier alpha value is -1.26. The Kier molecular flexibility index (Phi) is 4.37. The first-order valence-electron chi connectivity index (χ1n) is 5.58. The van der Waals surface area contributed by atoms with E-state index < -0.39 is 11.7 Å². The van der Waals surface area contributed by atoms with Crippen molar-refractivity contribution >= 4 is 0 Å². The minimum absolute atomic E-state index is 0.439. The van der Waals surface area contributed by atoms with E-state index in [1.807, 2.05) is 6.92 Å². The first kappa shape index (κ1) is 13.8. The summed E-state index contributed by atoms with van der Waals surface area (Å²) in [6.07, 6.45) is -0.577. The van der Waals surface area contributed by atoms with Crippen LogP contribution in [0.4, 0.5) is 0 Å². The molecule has 0 aliphatic heterocycles. The van der Waals surface area contributed by atoms with Gasteiger partial charge in [-0.3, -0.25) is 0 Å². The van der Waals surface area contributed by atoms with Gasteiger partial charge in [0.2, 0.25) is 0 Å². The van der Waals surface area contributed by atoms with E-state index in [1.54, 1.807) is 32.2 Å². The highest BCUT2D eigenvalue weighted by atomic mass is 16.5. The summed E-state index contributed by atoms with van der Waals surface area (Å²) in [7, 11) is 3.08. The average molecular weight is 240 g/mol. The van der Waals surface area contributed by atoms with E-state index >= 15 is 0 Å². The molecule has 0 radical (unpaired) electrons. The van der Waals surface area contributed by atoms with Crippen molar-refractivity contribution in [1.82, 2.24) is 0 Å². The van der Waals surface area contributed by atoms with E-state index in [0.29, 0.717) is 23.5 Å². The number of rotatable bonds is 5. The molecule has 96 valence electrons. The third-order valence-corrected chi connectivity index (χ3v) is 3.04. The molecule has 0 saturated carbocycles. The standard InChI is InChI=1S/C13H20O4/c1-5-13(2,15)12(14)10-8-9(16-3)6-7-11(10)17-4/h6-8,12,14-15H,5H2,1-4H3. The van der Waals surface area contributed by atoms with Gasteiger partial charge in [0, 0.05) is 5.56 Å². The summed E-state index contributed by atoms with van der Waals surface area (Å²) in [5, 5.41) is 20.3. The molecule has 2 unspecified atom stereocenters. The normalized spacial score (nSPS) is 16.1. The minimum atomic E-state index is -1.19. The lowest BCUT2D eigenvalue weighted by Crippen LogP contribution is -2.32. The Bertz CT molecular complexity index is 374. The second-order valence-electron chi connectivity index (χ2n) is 4.22. The van der Waals surface area contributed by atoms with Gasteiger partial charge >= 0.3 is 0 Å². The van der Waals surface area contributed by atoms with Gasteiger partial charge in [-0.15, -0.1) is 0 Å². The number of hydrogen-bond donors (Lipinski definition) is 2. The van der Waals surface area contributed by atoms with Gasteiger partial charge < -0.3 is 19.7 Å². The highest BCUT2D eigenvalue weighted by Crippen LogP contribution is 2.36. The van der Waals surface area contributed by atoms with E-state index in [0.717, 1.165) is 0 Å². The second-order valence-corrected chi connectivity index (χ2v) is 4.22. The molecule has 0 spiro atoms. The maximum atomic E-state index is 10.2. The lowest BCUT2D eigenvalue weighted by molar-refractivity contribution is -0.0667. The summed E-state index contributed by atoms with van der Waals surface area (Å²) in [6.45, 7) is 3.41. The van der Waals surface area contributed by atoms with Crippen molar-refractivity contribution in [2.75, 3.05) is 14.2 Å². The number of aliphatic hydroxyl groups is 2. The third kappa shape index (κ3) is 2.90. The summed E-state index contributed by atoms with van der Waals surface area (Å²) in [5.41, 5.74) is -0.668. The van der Waals surface area contributed by atoms with Crippen LogP contribution in [0, 0.1) is 0 Å². The Balaban J connectivity index is 3.18. The van der Waals surface area contributed by atoms with Gasteiger partial charge in [-0.1, -0.05) is 6.92 Å². The molecule has 0 saturated heterocycles. The van der Waals surface area contributed by atoms with Crippen LogP contribution in [-0.2, 0) is 0 Å². The summed E-state index contributed by atoms with van der Waals surface area (Å²) in [5.74, 6) is 1.15. The molecule has 4 heteroatoms. The summed E-state index contributed by atoms with van der Waals surface area (Å²) >= 11 is 0. The van der Waals surface area contributed by atoms with E-state index in [1.165, 1.54) is 7.11 Å². The molecule has 17 heavy (non-hydrogen) atoms. The Morgan fingerprint density at radius 2 is 1.94 bits per heavy atom. The number of ether oxygens (including phenoxy) is 2. The average Bonchev–Trinajstić information content (AvgIpc) is 2.36. The molecule has 0 aliphatic carbocycles. The SMILES string of the molecule is CCC(C)(O)C(O)c1cc(OC)ccc1OC. The van der Waals surface area contributed by atoms with E-state index in [9.17, 15) is 10.2 Å². The van der Waals surface area contributed by atoms with Crippen molar-refractivity contribution in [3.63, 3.8) is 0 Å². The van der Waals surface area contributed by atoms with E-state index in [2.05, 4.69) is 0 Å². The van der Waals surface area contributed by atoms with Crippen molar-refractivity contribution in [3.8, 4) is 11.5 Å². The zero-order valence-corrected chi connectivity index (χ0v) is 10.7. The van der Waals surface area contributed by atoms with Gasteiger partial charge in [0.25, 0.3) is 0 Å². The molecule has 0 heterocycles. The van der Waals surface area contributed by atoms with Crippen molar-refractivity contribution in [1.29, 1.82) is 0 Å². The van der Waals surface area contributed by atoms with Crippen LogP contribution in [0.3, 0.4) is 0 Å². The van der Waals surface area contributed by atoms with Gasteiger partial charge in [0.1, 0.15) is 17.6 Å². The molecule has 0 aliphatic rings. The highest BCUT2D eigenvalue weighted by molar-refractivity contribution is 5.42. The maximum Gasteiger partial charge on any atom is 0.125 e. The van der Waals surface area contributed by atoms with Crippen LogP contribution in [0.5, 0.6) is 11.5 Å². The third-order valence-electron chi connectivity index (χ3n) is 3.04. The molecule has 4 nitrogen and oxygen atoms in total. The molecule has 1 rings (SSSR count). The predicted molar refractivity (Wildman–Crippen MR) is 65.4 cm³/mol. The van der Waals surface area contributed by atoms with Crippen molar-refractivity contribution in [2.24, 2.45) is 0 Å². The van der Waals surface area contributed by atoms with Gasteiger partial charge in [-0.25, -0.2) is 0 Å². The number of aliphatic hydroxyl groups excluding tert-OH is 1. The number of hydrogen-bond acceptors (Lipinski definition) is 4. The van der Waals surface area contributed by atoms with Gasteiger partial charge in [0.15, 0.2) is 0 Å². The van der Waals surface area contributed by atoms with Gasteiger partial charge in [0.05, 0.1) is 19.8 Å². The molecule has 1 aromatic rings. The monoisotopic (exact) mass is 240 g/mol. The Morgan fingerprint density at radius 3 is 2.41 bits per heavy atom. The minimum Gasteiger partial charge on any atom is -0.497 e. The first-order chi connectivity index (χ1) is 7.96. The smallest absolute Gasteiger partial charge is 0.125 e. The summed E-state index contributed by atoms with van der Waals surface area (Å²) in [4.78, 5) is 0. The van der Waals surface area contributed by atoms with Crippen LogP contribution in [-0.4, -0.2) is 30.0 Å². The number of methoxy groups -OCH3 is 2. The van der Waals surface area contributed by atoms with Crippen LogP contribution >= 0.6 is 0 Å². The molecule has 0 fully saturated rings. The maximum absolute atomic E-state index is 10.2. The highest BCUT2D eigenvalue weighted by Gasteiger charge is 2.31. The molecule has 0 amide bonds. The first-order valence-corrected chi connectivity index (χ1v) is 5.58. The lowest BCUT2D eigenvalue weighted by Gasteiger charge is -2.29. The van der Waals surface area contributed by atoms with Crippen LogP contribution < -0.4 is 9.47 Å². The van der Waals surface area contributed by atoms with Crippen LogP contribution in [0.1, 0.15) is 31.9 Å². The largest absolute Gasteiger partial charge is 0.497 e. The van der Waals surface area contributed by atoms with Crippen LogP contribution in [0.15, 0.2) is 18.2 Å². The van der Waals surface area contributed by atoms with E-state index in [4.69, 9.17) is 9.47 Å². The fourth-order valence-electron chi connectivity index (χ4n) is 1.58. The van der Waals surface area contributed by atoms with Gasteiger partial charge in [-0.2, -0.15) is 0 Å². The summed E-state index contributed by atoms with van der Waals surface area (Å²) in [6, 6.07) is 5.13. The van der Waals surface area contributed by atoms with Crippen molar-refractivity contribution < 1.29 is 19.7 Å². The fraction of sp³-hybridized carbons (Fsp3) is 0.538. The van der Waals surface area contributed by atoms with Gasteiger partial charge in [-0.05, 0) is 31.5 Å². The molecule has 2 N–H and O–H groups in total. The van der Waals surface area contributed by atoms with Crippen molar-refractivity contribution in [3.05, 3.63) is 23.8 Å². The molecule has 2 atom stereocenters. The molecule has 1 aromatic carbocycles. The molecule has 0 bridgehead atoms.